The number of halogens is 4. The molecule has 0 amide bonds. The van der Waals surface area contributed by atoms with Crippen LogP contribution < -0.4 is 4.74 Å². The smallest absolute Gasteiger partial charge is 0.406 e. The van der Waals surface area contributed by atoms with Gasteiger partial charge in [-0.3, -0.25) is 0 Å². The van der Waals surface area contributed by atoms with E-state index in [4.69, 9.17) is 0 Å². The maximum absolute atomic E-state index is 12.3. The van der Waals surface area contributed by atoms with E-state index in [2.05, 4.69) is 19.9 Å². The fourth-order valence-electron chi connectivity index (χ4n) is 2.26. The van der Waals surface area contributed by atoms with E-state index in [-0.39, 0.29) is 18.2 Å². The van der Waals surface area contributed by atoms with Crippen LogP contribution >= 0.6 is 12.4 Å². The first-order chi connectivity index (χ1) is 11.4. The average molecular weight is 371 g/mol. The van der Waals surface area contributed by atoms with Crippen LogP contribution in [-0.2, 0) is 6.54 Å². The molecule has 0 aliphatic carbocycles. The van der Waals surface area contributed by atoms with Crippen LogP contribution in [-0.4, -0.2) is 26.1 Å². The number of aryl methyl sites for hydroxylation is 1. The molecule has 0 bridgehead atoms. The van der Waals surface area contributed by atoms with Crippen molar-refractivity contribution in [3.8, 4) is 16.9 Å². The summed E-state index contributed by atoms with van der Waals surface area (Å²) in [5.74, 6) is 0.562. The number of benzene rings is 1. The van der Waals surface area contributed by atoms with Gasteiger partial charge in [0.25, 0.3) is 0 Å². The third kappa shape index (κ3) is 4.93. The molecule has 2 heterocycles. The minimum Gasteiger partial charge on any atom is -0.406 e. The van der Waals surface area contributed by atoms with Crippen molar-refractivity contribution in [1.29, 1.82) is 0 Å². The number of imidazole rings is 1. The van der Waals surface area contributed by atoms with Crippen LogP contribution in [0.25, 0.3) is 11.1 Å². The molecular weight excluding hydrogens is 357 g/mol. The third-order valence-corrected chi connectivity index (χ3v) is 3.36. The molecule has 25 heavy (non-hydrogen) atoms. The molecule has 0 atom stereocenters. The fraction of sp³-hybridized carbons (Fsp3) is 0.188. The summed E-state index contributed by atoms with van der Waals surface area (Å²) in [5, 5.41) is 7.98. The number of aromatic nitrogens is 4. The summed E-state index contributed by atoms with van der Waals surface area (Å²) in [5.41, 5.74) is 1.90. The molecule has 2 aromatic heterocycles. The third-order valence-electron chi connectivity index (χ3n) is 3.36. The van der Waals surface area contributed by atoms with Crippen molar-refractivity contribution in [1.82, 2.24) is 19.7 Å². The van der Waals surface area contributed by atoms with Gasteiger partial charge in [-0.25, -0.2) is 4.98 Å². The number of ether oxygens (including phenoxy) is 1. The Hall–Kier alpha value is -2.61. The van der Waals surface area contributed by atoms with Crippen molar-refractivity contribution in [3.05, 3.63) is 60.4 Å². The first-order valence-corrected chi connectivity index (χ1v) is 7.06. The number of hydrogen-bond donors (Lipinski definition) is 0. The van der Waals surface area contributed by atoms with Crippen molar-refractivity contribution < 1.29 is 17.9 Å². The van der Waals surface area contributed by atoms with E-state index >= 15 is 0 Å². The van der Waals surface area contributed by atoms with Crippen LogP contribution in [0.3, 0.4) is 0 Å². The van der Waals surface area contributed by atoms with E-state index in [9.17, 15) is 13.2 Å². The summed E-state index contributed by atoms with van der Waals surface area (Å²) in [6.07, 6.45) is 0.280. The van der Waals surface area contributed by atoms with Crippen LogP contribution in [0.1, 0.15) is 11.5 Å². The first kappa shape index (κ1) is 18.7. The summed E-state index contributed by atoms with van der Waals surface area (Å²) >= 11 is 0. The lowest BCUT2D eigenvalue weighted by Crippen LogP contribution is -2.17. The monoisotopic (exact) mass is 370 g/mol. The molecule has 132 valence electrons. The van der Waals surface area contributed by atoms with E-state index in [1.165, 1.54) is 24.4 Å². The van der Waals surface area contributed by atoms with Crippen LogP contribution in [0.15, 0.2) is 48.9 Å². The lowest BCUT2D eigenvalue weighted by atomic mass is 10.1. The predicted octanol–water partition coefficient (Wildman–Crippen LogP) is 4.02. The zero-order chi connectivity index (χ0) is 17.2. The highest BCUT2D eigenvalue weighted by molar-refractivity contribution is 5.85. The van der Waals surface area contributed by atoms with Crippen LogP contribution in [0.4, 0.5) is 13.2 Å². The molecule has 9 heteroatoms. The predicted molar refractivity (Wildman–Crippen MR) is 87.5 cm³/mol. The molecule has 3 rings (SSSR count). The number of alkyl halides is 3. The van der Waals surface area contributed by atoms with Gasteiger partial charge in [0.1, 0.15) is 11.6 Å². The van der Waals surface area contributed by atoms with Gasteiger partial charge >= 0.3 is 6.36 Å². The van der Waals surface area contributed by atoms with Crippen molar-refractivity contribution in [2.45, 2.75) is 19.8 Å². The minimum atomic E-state index is -4.72. The van der Waals surface area contributed by atoms with E-state index < -0.39 is 6.36 Å². The fourth-order valence-corrected chi connectivity index (χ4v) is 2.26. The normalized spacial score (nSPS) is 11.0. The second-order valence-corrected chi connectivity index (χ2v) is 5.11. The van der Waals surface area contributed by atoms with Crippen molar-refractivity contribution in [2.75, 3.05) is 0 Å². The average Bonchev–Trinajstić information content (AvgIpc) is 2.91. The molecule has 0 saturated carbocycles. The SMILES string of the molecule is Cc1nccn1Cc1cc(-c2cccc(OC(F)(F)F)c2)cnn1.Cl. The highest BCUT2D eigenvalue weighted by atomic mass is 35.5. The summed E-state index contributed by atoms with van der Waals surface area (Å²) < 4.78 is 42.9. The molecule has 5 nitrogen and oxygen atoms in total. The molecule has 0 fully saturated rings. The largest absolute Gasteiger partial charge is 0.573 e. The molecule has 0 aliphatic heterocycles. The Kier molecular flexibility index (Phi) is 5.63. The van der Waals surface area contributed by atoms with E-state index in [0.29, 0.717) is 23.4 Å². The molecule has 0 N–H and O–H groups in total. The summed E-state index contributed by atoms with van der Waals surface area (Å²) in [7, 11) is 0. The van der Waals surface area contributed by atoms with E-state index in [0.717, 1.165) is 5.82 Å². The van der Waals surface area contributed by atoms with Gasteiger partial charge in [0.15, 0.2) is 0 Å². The molecule has 1 aromatic carbocycles. The number of nitrogens with zero attached hydrogens (tertiary/aromatic N) is 4. The van der Waals surface area contributed by atoms with Crippen molar-refractivity contribution in [2.24, 2.45) is 0 Å². The number of rotatable bonds is 4. The van der Waals surface area contributed by atoms with Crippen LogP contribution in [0, 0.1) is 6.92 Å². The summed E-state index contributed by atoms with van der Waals surface area (Å²) in [4.78, 5) is 4.13. The Morgan fingerprint density at radius 3 is 2.64 bits per heavy atom. The van der Waals surface area contributed by atoms with Crippen LogP contribution in [0.5, 0.6) is 5.75 Å². The molecule has 0 radical (unpaired) electrons. The van der Waals surface area contributed by atoms with Gasteiger partial charge in [0, 0.05) is 18.0 Å². The van der Waals surface area contributed by atoms with Gasteiger partial charge in [-0.1, -0.05) is 12.1 Å². The van der Waals surface area contributed by atoms with Gasteiger partial charge in [0.05, 0.1) is 18.4 Å². The summed E-state index contributed by atoms with van der Waals surface area (Å²) in [6, 6.07) is 7.53. The molecular formula is C16H14ClF3N4O. The van der Waals surface area contributed by atoms with Gasteiger partial charge in [0.2, 0.25) is 0 Å². The Morgan fingerprint density at radius 2 is 1.96 bits per heavy atom. The molecule has 0 saturated heterocycles. The second kappa shape index (κ2) is 7.52. The topological polar surface area (TPSA) is 52.8 Å². The second-order valence-electron chi connectivity index (χ2n) is 5.11. The van der Waals surface area contributed by atoms with Gasteiger partial charge in [-0.2, -0.15) is 10.2 Å². The Morgan fingerprint density at radius 1 is 1.16 bits per heavy atom. The first-order valence-electron chi connectivity index (χ1n) is 7.06. The van der Waals surface area contributed by atoms with E-state index in [1.54, 1.807) is 18.3 Å². The van der Waals surface area contributed by atoms with Crippen molar-refractivity contribution in [3.63, 3.8) is 0 Å². The standard InChI is InChI=1S/C16H13F3N4O.ClH/c1-11-20-5-6-23(11)10-14-7-13(9-21-22-14)12-3-2-4-15(8-12)24-16(17,18)19;/h2-9H,10H2,1H3;1H. The molecule has 0 spiro atoms. The molecule has 0 unspecified atom stereocenters. The van der Waals surface area contributed by atoms with Crippen LogP contribution in [0.2, 0.25) is 0 Å². The maximum Gasteiger partial charge on any atom is 0.573 e. The minimum absolute atomic E-state index is 0. The zero-order valence-electron chi connectivity index (χ0n) is 13.1. The van der Waals surface area contributed by atoms with Crippen molar-refractivity contribution >= 4 is 12.4 Å². The Bertz CT molecular complexity index is 851. The number of hydrogen-bond acceptors (Lipinski definition) is 4. The maximum atomic E-state index is 12.3. The summed E-state index contributed by atoms with van der Waals surface area (Å²) in [6.45, 7) is 2.35. The lowest BCUT2D eigenvalue weighted by molar-refractivity contribution is -0.274. The van der Waals surface area contributed by atoms with Gasteiger partial charge < -0.3 is 9.30 Å². The highest BCUT2D eigenvalue weighted by Crippen LogP contribution is 2.27. The Labute approximate surface area is 147 Å². The lowest BCUT2D eigenvalue weighted by Gasteiger charge is -2.10. The highest BCUT2D eigenvalue weighted by Gasteiger charge is 2.31. The van der Waals surface area contributed by atoms with Gasteiger partial charge in [-0.15, -0.1) is 25.6 Å². The zero-order valence-corrected chi connectivity index (χ0v) is 13.9. The van der Waals surface area contributed by atoms with Gasteiger partial charge in [-0.05, 0) is 30.7 Å². The van der Waals surface area contributed by atoms with E-state index in [1.807, 2.05) is 17.7 Å². The molecule has 3 aromatic rings. The Balaban J connectivity index is 0.00000225. The molecule has 0 aliphatic rings. The quantitative estimate of drug-likeness (QED) is 0.696.